The van der Waals surface area contributed by atoms with Crippen molar-refractivity contribution in [1.29, 1.82) is 0 Å². The first kappa shape index (κ1) is 11.5. The van der Waals surface area contributed by atoms with Crippen molar-refractivity contribution in [2.75, 3.05) is 20.8 Å². The van der Waals surface area contributed by atoms with Gasteiger partial charge in [0, 0.05) is 14.2 Å². The number of carbonyl (C=O) groups excluding carboxylic acids is 1. The van der Waals surface area contributed by atoms with Crippen molar-refractivity contribution in [2.24, 2.45) is 0 Å². The highest BCUT2D eigenvalue weighted by Crippen LogP contribution is 2.04. The highest BCUT2D eigenvalue weighted by atomic mass is 16.5. The van der Waals surface area contributed by atoms with E-state index in [0.717, 1.165) is 0 Å². The number of hydrogen-bond acceptors (Lipinski definition) is 5. The SMILES string of the molecule is CO[C@@H](CO)[C@@H](O)[C@@H](C=O)OC. The van der Waals surface area contributed by atoms with Crippen LogP contribution in [-0.4, -0.2) is 55.6 Å². The highest BCUT2D eigenvalue weighted by Gasteiger charge is 2.26. The number of ether oxygens (including phenoxy) is 2. The second-order valence-corrected chi connectivity index (χ2v) is 2.28. The van der Waals surface area contributed by atoms with Crippen LogP contribution in [0.25, 0.3) is 0 Å². The molecule has 0 heterocycles. The van der Waals surface area contributed by atoms with Crippen LogP contribution < -0.4 is 0 Å². The minimum atomic E-state index is -1.14. The normalized spacial score (nSPS) is 18.3. The van der Waals surface area contributed by atoms with Gasteiger partial charge in [-0.3, -0.25) is 0 Å². The first-order chi connectivity index (χ1) is 5.71. The van der Waals surface area contributed by atoms with Crippen molar-refractivity contribution in [3.8, 4) is 0 Å². The topological polar surface area (TPSA) is 76.0 Å². The molecule has 0 aliphatic rings. The molecule has 0 saturated heterocycles. The fourth-order valence-electron chi connectivity index (χ4n) is 0.809. The average Bonchev–Trinajstić information content (AvgIpc) is 2.09. The summed E-state index contributed by atoms with van der Waals surface area (Å²) < 4.78 is 9.34. The zero-order valence-corrected chi connectivity index (χ0v) is 7.14. The number of aliphatic hydroxyl groups is 2. The third-order valence-corrected chi connectivity index (χ3v) is 1.61. The molecular formula is C7H14O5. The molecule has 3 atom stereocenters. The lowest BCUT2D eigenvalue weighted by Gasteiger charge is -2.22. The maximum absolute atomic E-state index is 10.3. The van der Waals surface area contributed by atoms with Crippen LogP contribution in [0.2, 0.25) is 0 Å². The molecule has 0 saturated carbocycles. The Morgan fingerprint density at radius 1 is 1.42 bits per heavy atom. The number of hydrogen-bond donors (Lipinski definition) is 2. The van der Waals surface area contributed by atoms with Gasteiger partial charge in [-0.2, -0.15) is 0 Å². The standard InChI is InChI=1S/C7H14O5/c1-11-5(3-8)7(10)6(4-9)12-2/h3,5-7,9-10H,4H2,1-2H3/t5-,6+,7+/m1/s1. The zero-order valence-electron chi connectivity index (χ0n) is 7.14. The summed E-state index contributed by atoms with van der Waals surface area (Å²) in [6, 6.07) is 0. The number of rotatable bonds is 6. The van der Waals surface area contributed by atoms with Gasteiger partial charge in [0.05, 0.1) is 6.61 Å². The van der Waals surface area contributed by atoms with Gasteiger partial charge in [0.1, 0.15) is 18.3 Å². The van der Waals surface area contributed by atoms with Gasteiger partial charge < -0.3 is 24.5 Å². The van der Waals surface area contributed by atoms with E-state index in [2.05, 4.69) is 4.74 Å². The molecule has 0 rings (SSSR count). The maximum atomic E-state index is 10.3. The molecule has 0 unspecified atom stereocenters. The number of aldehydes is 1. The van der Waals surface area contributed by atoms with E-state index in [0.29, 0.717) is 6.29 Å². The maximum Gasteiger partial charge on any atom is 0.151 e. The summed E-state index contributed by atoms with van der Waals surface area (Å²) in [7, 11) is 2.63. The van der Waals surface area contributed by atoms with E-state index in [9.17, 15) is 9.90 Å². The lowest BCUT2D eigenvalue weighted by molar-refractivity contribution is -0.134. The van der Waals surface area contributed by atoms with E-state index >= 15 is 0 Å². The molecule has 0 bridgehead atoms. The van der Waals surface area contributed by atoms with Crippen molar-refractivity contribution in [1.82, 2.24) is 0 Å². The van der Waals surface area contributed by atoms with Gasteiger partial charge in [0.15, 0.2) is 6.29 Å². The molecule has 0 aliphatic carbocycles. The second-order valence-electron chi connectivity index (χ2n) is 2.28. The Kier molecular flexibility index (Phi) is 5.83. The van der Waals surface area contributed by atoms with E-state index in [1.807, 2.05) is 0 Å². The van der Waals surface area contributed by atoms with Crippen LogP contribution in [0.3, 0.4) is 0 Å². The molecule has 0 aliphatic heterocycles. The van der Waals surface area contributed by atoms with Gasteiger partial charge in [-0.05, 0) is 0 Å². The number of methoxy groups -OCH3 is 2. The van der Waals surface area contributed by atoms with Crippen LogP contribution in [0.4, 0.5) is 0 Å². The van der Waals surface area contributed by atoms with Crippen LogP contribution in [0.15, 0.2) is 0 Å². The third-order valence-electron chi connectivity index (χ3n) is 1.61. The summed E-state index contributed by atoms with van der Waals surface area (Å²) in [5, 5.41) is 18.0. The highest BCUT2D eigenvalue weighted by molar-refractivity contribution is 5.57. The second kappa shape index (κ2) is 6.07. The fraction of sp³-hybridized carbons (Fsp3) is 0.857. The third kappa shape index (κ3) is 2.86. The lowest BCUT2D eigenvalue weighted by atomic mass is 10.1. The Bertz CT molecular complexity index is 123. The van der Waals surface area contributed by atoms with E-state index < -0.39 is 18.3 Å². The Balaban J connectivity index is 4.11. The van der Waals surface area contributed by atoms with Crippen molar-refractivity contribution >= 4 is 6.29 Å². The molecule has 12 heavy (non-hydrogen) atoms. The van der Waals surface area contributed by atoms with E-state index in [-0.39, 0.29) is 6.61 Å². The predicted octanol–water partition coefficient (Wildman–Crippen LogP) is -1.43. The van der Waals surface area contributed by atoms with Gasteiger partial charge in [0.25, 0.3) is 0 Å². The van der Waals surface area contributed by atoms with Gasteiger partial charge in [0.2, 0.25) is 0 Å². The summed E-state index contributed by atoms with van der Waals surface area (Å²) in [5.41, 5.74) is 0. The number of aliphatic hydroxyl groups excluding tert-OH is 2. The molecule has 72 valence electrons. The van der Waals surface area contributed by atoms with E-state index in [4.69, 9.17) is 9.84 Å². The molecule has 0 aromatic rings. The summed E-state index contributed by atoms with van der Waals surface area (Å²) in [5.74, 6) is 0. The first-order valence-corrected chi connectivity index (χ1v) is 3.51. The Morgan fingerprint density at radius 2 is 2.00 bits per heavy atom. The van der Waals surface area contributed by atoms with Gasteiger partial charge in [-0.25, -0.2) is 0 Å². The lowest BCUT2D eigenvalue weighted by Crippen LogP contribution is -2.42. The molecular weight excluding hydrogens is 164 g/mol. The van der Waals surface area contributed by atoms with E-state index in [1.54, 1.807) is 0 Å². The van der Waals surface area contributed by atoms with Crippen molar-refractivity contribution in [3.63, 3.8) is 0 Å². The van der Waals surface area contributed by atoms with Crippen LogP contribution in [-0.2, 0) is 14.3 Å². The molecule has 5 nitrogen and oxygen atoms in total. The Morgan fingerprint density at radius 3 is 2.25 bits per heavy atom. The van der Waals surface area contributed by atoms with Crippen LogP contribution in [0, 0.1) is 0 Å². The monoisotopic (exact) mass is 178 g/mol. The van der Waals surface area contributed by atoms with Gasteiger partial charge in [-0.15, -0.1) is 0 Å². The summed E-state index contributed by atoms with van der Waals surface area (Å²) in [6.45, 7) is -0.356. The smallest absolute Gasteiger partial charge is 0.151 e. The minimum absolute atomic E-state index is 0.356. The minimum Gasteiger partial charge on any atom is -0.394 e. The van der Waals surface area contributed by atoms with Crippen molar-refractivity contribution in [3.05, 3.63) is 0 Å². The predicted molar refractivity (Wildman–Crippen MR) is 40.8 cm³/mol. The van der Waals surface area contributed by atoms with Crippen LogP contribution >= 0.6 is 0 Å². The molecule has 0 amide bonds. The largest absolute Gasteiger partial charge is 0.394 e. The summed E-state index contributed by atoms with van der Waals surface area (Å²) in [6.07, 6.45) is -2.42. The van der Waals surface area contributed by atoms with Gasteiger partial charge in [-0.1, -0.05) is 0 Å². The average molecular weight is 178 g/mol. The Labute approximate surface area is 70.9 Å². The summed E-state index contributed by atoms with van der Waals surface area (Å²) >= 11 is 0. The fourth-order valence-corrected chi connectivity index (χ4v) is 0.809. The van der Waals surface area contributed by atoms with Crippen LogP contribution in [0.5, 0.6) is 0 Å². The first-order valence-electron chi connectivity index (χ1n) is 3.51. The molecule has 0 aromatic heterocycles. The summed E-state index contributed by atoms with van der Waals surface area (Å²) in [4.78, 5) is 10.3. The molecule has 5 heteroatoms. The molecule has 0 aromatic carbocycles. The zero-order chi connectivity index (χ0) is 9.56. The van der Waals surface area contributed by atoms with Crippen molar-refractivity contribution < 1.29 is 24.5 Å². The molecule has 0 radical (unpaired) electrons. The molecule has 0 fully saturated rings. The van der Waals surface area contributed by atoms with Gasteiger partial charge >= 0.3 is 0 Å². The number of carbonyl (C=O) groups is 1. The van der Waals surface area contributed by atoms with Crippen molar-refractivity contribution in [2.45, 2.75) is 18.3 Å². The molecule has 2 N–H and O–H groups in total. The van der Waals surface area contributed by atoms with Crippen LogP contribution in [0.1, 0.15) is 0 Å². The Hall–Kier alpha value is -0.490. The van der Waals surface area contributed by atoms with E-state index in [1.165, 1.54) is 14.2 Å². The molecule has 0 spiro atoms. The quantitative estimate of drug-likeness (QED) is 0.488.